The Bertz CT molecular complexity index is 1730. The molecule has 5 aromatic rings. The smallest absolute Gasteiger partial charge is 0.295 e. The first-order chi connectivity index (χ1) is 19.8. The number of aromatic nitrogens is 5. The minimum Gasteiger partial charge on any atom is -0.494 e. The monoisotopic (exact) mass is 556 g/mol. The number of oxazole rings is 1. The fourth-order valence-electron chi connectivity index (χ4n) is 4.70. The van der Waals surface area contributed by atoms with Crippen LogP contribution in [0, 0.1) is 13.8 Å². The van der Waals surface area contributed by atoms with Crippen molar-refractivity contribution >= 4 is 34.8 Å². The number of nitrogens with zero attached hydrogens (tertiary/aromatic N) is 5. The molecule has 12 heteroatoms. The fraction of sp³-hybridized carbons (Fsp3) is 0.276. The molecule has 0 unspecified atom stereocenters. The highest BCUT2D eigenvalue weighted by atomic mass is 16.5. The highest BCUT2D eigenvalue weighted by molar-refractivity contribution is 6.04. The second-order valence-corrected chi connectivity index (χ2v) is 9.62. The third-order valence-corrected chi connectivity index (χ3v) is 6.61. The molecule has 212 valence electrons. The third kappa shape index (κ3) is 5.76. The van der Waals surface area contributed by atoms with Crippen LogP contribution in [0.15, 0.2) is 53.1 Å². The van der Waals surface area contributed by atoms with Crippen LogP contribution < -0.4 is 21.1 Å². The number of methoxy groups -OCH3 is 1. The molecule has 0 saturated heterocycles. The van der Waals surface area contributed by atoms with Gasteiger partial charge in [-0.15, -0.1) is 0 Å². The second kappa shape index (κ2) is 11.5. The number of carbonyl (C=O) groups excluding carboxylic acids is 2. The van der Waals surface area contributed by atoms with E-state index in [0.29, 0.717) is 66.3 Å². The second-order valence-electron chi connectivity index (χ2n) is 9.62. The van der Waals surface area contributed by atoms with E-state index in [1.807, 2.05) is 49.6 Å². The lowest BCUT2D eigenvalue weighted by atomic mass is 10.1. The van der Waals surface area contributed by atoms with Gasteiger partial charge in [0.05, 0.1) is 24.5 Å². The number of benzene rings is 2. The minimum absolute atomic E-state index is 0.256. The largest absolute Gasteiger partial charge is 0.494 e. The van der Waals surface area contributed by atoms with Gasteiger partial charge in [-0.05, 0) is 51.5 Å². The van der Waals surface area contributed by atoms with Gasteiger partial charge in [0.25, 0.3) is 11.9 Å². The zero-order valence-corrected chi connectivity index (χ0v) is 23.4. The van der Waals surface area contributed by atoms with Crippen LogP contribution in [0.5, 0.6) is 5.75 Å². The molecular weight excluding hydrogens is 524 g/mol. The molecule has 5 rings (SSSR count). The highest BCUT2D eigenvalue weighted by Crippen LogP contribution is 2.31. The van der Waals surface area contributed by atoms with Gasteiger partial charge >= 0.3 is 0 Å². The number of nitrogens with one attached hydrogen (secondary N) is 2. The molecule has 41 heavy (non-hydrogen) atoms. The van der Waals surface area contributed by atoms with Gasteiger partial charge in [0.1, 0.15) is 17.0 Å². The van der Waals surface area contributed by atoms with Crippen LogP contribution in [-0.2, 0) is 13.1 Å². The lowest BCUT2D eigenvalue weighted by Gasteiger charge is -2.13. The maximum atomic E-state index is 13.3. The van der Waals surface area contributed by atoms with E-state index in [4.69, 9.17) is 14.9 Å². The number of aryl methyl sites for hydroxylation is 4. The SMILES string of the molecule is CCn1nc(C)cc1C(=O)Nc1nc2cc(C(N)=O)cc(OC)c2n1CCCNc1ncc(-c2cccc(C)c2)o1. The molecule has 0 fully saturated rings. The molecule has 0 aliphatic rings. The van der Waals surface area contributed by atoms with E-state index < -0.39 is 5.91 Å². The Morgan fingerprint density at radius 1 is 1.15 bits per heavy atom. The molecule has 2 amide bonds. The van der Waals surface area contributed by atoms with Crippen LogP contribution >= 0.6 is 0 Å². The molecule has 12 nitrogen and oxygen atoms in total. The van der Waals surface area contributed by atoms with E-state index >= 15 is 0 Å². The number of hydrogen-bond acceptors (Lipinski definition) is 8. The molecule has 0 aliphatic heterocycles. The lowest BCUT2D eigenvalue weighted by Crippen LogP contribution is -2.20. The Morgan fingerprint density at radius 3 is 2.71 bits per heavy atom. The predicted molar refractivity (Wildman–Crippen MR) is 155 cm³/mol. The van der Waals surface area contributed by atoms with E-state index in [1.54, 1.807) is 29.1 Å². The first kappa shape index (κ1) is 27.4. The normalized spacial score (nSPS) is 11.1. The van der Waals surface area contributed by atoms with Crippen LogP contribution in [-0.4, -0.2) is 49.8 Å². The van der Waals surface area contributed by atoms with Gasteiger partial charge in [-0.3, -0.25) is 19.6 Å². The van der Waals surface area contributed by atoms with E-state index in [-0.39, 0.29) is 11.5 Å². The summed E-state index contributed by atoms with van der Waals surface area (Å²) >= 11 is 0. The summed E-state index contributed by atoms with van der Waals surface area (Å²) in [5, 5.41) is 10.5. The lowest BCUT2D eigenvalue weighted by molar-refractivity contribution is 0.0995. The van der Waals surface area contributed by atoms with Crippen molar-refractivity contribution in [2.75, 3.05) is 24.3 Å². The molecule has 0 spiro atoms. The summed E-state index contributed by atoms with van der Waals surface area (Å²) in [5.74, 6) is 0.456. The average Bonchev–Trinajstić information content (AvgIpc) is 3.67. The summed E-state index contributed by atoms with van der Waals surface area (Å²) in [6.07, 6.45) is 2.32. The predicted octanol–water partition coefficient (Wildman–Crippen LogP) is 4.39. The number of ether oxygens (including phenoxy) is 1. The van der Waals surface area contributed by atoms with Crippen molar-refractivity contribution in [2.45, 2.75) is 40.3 Å². The first-order valence-corrected chi connectivity index (χ1v) is 13.3. The zero-order chi connectivity index (χ0) is 29.1. The van der Waals surface area contributed by atoms with E-state index in [9.17, 15) is 9.59 Å². The Morgan fingerprint density at radius 2 is 1.98 bits per heavy atom. The number of carbonyl (C=O) groups is 2. The Labute approximate surface area is 236 Å². The van der Waals surface area contributed by atoms with Crippen molar-refractivity contribution in [3.8, 4) is 17.1 Å². The van der Waals surface area contributed by atoms with E-state index in [0.717, 1.165) is 16.8 Å². The molecule has 0 atom stereocenters. The van der Waals surface area contributed by atoms with Crippen LogP contribution in [0.25, 0.3) is 22.4 Å². The molecule has 3 heterocycles. The highest BCUT2D eigenvalue weighted by Gasteiger charge is 2.21. The number of imidazole rings is 1. The maximum absolute atomic E-state index is 13.3. The van der Waals surface area contributed by atoms with Crippen molar-refractivity contribution in [1.82, 2.24) is 24.3 Å². The average molecular weight is 557 g/mol. The van der Waals surface area contributed by atoms with E-state index in [1.165, 1.54) is 7.11 Å². The summed E-state index contributed by atoms with van der Waals surface area (Å²) in [5.41, 5.74) is 10.1. The Kier molecular flexibility index (Phi) is 7.72. The van der Waals surface area contributed by atoms with Gasteiger partial charge in [-0.1, -0.05) is 23.8 Å². The van der Waals surface area contributed by atoms with Gasteiger partial charge in [-0.2, -0.15) is 5.10 Å². The summed E-state index contributed by atoms with van der Waals surface area (Å²) < 4.78 is 15.0. The van der Waals surface area contributed by atoms with Crippen LogP contribution in [0.3, 0.4) is 0 Å². The number of anilines is 2. The van der Waals surface area contributed by atoms with Crippen molar-refractivity contribution < 1.29 is 18.7 Å². The summed E-state index contributed by atoms with van der Waals surface area (Å²) in [6, 6.07) is 13.3. The number of hydrogen-bond donors (Lipinski definition) is 3. The molecule has 0 bridgehead atoms. The fourth-order valence-corrected chi connectivity index (χ4v) is 4.70. The van der Waals surface area contributed by atoms with Gasteiger partial charge < -0.3 is 24.8 Å². The Balaban J connectivity index is 1.38. The third-order valence-electron chi connectivity index (χ3n) is 6.61. The van der Waals surface area contributed by atoms with Gasteiger partial charge in [0.2, 0.25) is 11.9 Å². The van der Waals surface area contributed by atoms with Gasteiger partial charge in [-0.25, -0.2) is 9.97 Å². The quantitative estimate of drug-likeness (QED) is 0.202. The Hall–Kier alpha value is -5.13. The van der Waals surface area contributed by atoms with Crippen molar-refractivity contribution in [3.63, 3.8) is 0 Å². The van der Waals surface area contributed by atoms with Crippen molar-refractivity contribution in [1.29, 1.82) is 0 Å². The maximum Gasteiger partial charge on any atom is 0.295 e. The van der Waals surface area contributed by atoms with Gasteiger partial charge in [0.15, 0.2) is 5.76 Å². The van der Waals surface area contributed by atoms with Crippen LogP contribution in [0.2, 0.25) is 0 Å². The summed E-state index contributed by atoms with van der Waals surface area (Å²) in [4.78, 5) is 34.2. The summed E-state index contributed by atoms with van der Waals surface area (Å²) in [6.45, 7) is 7.31. The topological polar surface area (TPSA) is 155 Å². The molecule has 0 aliphatic carbocycles. The number of nitrogens with two attached hydrogens (primary N) is 1. The molecule has 2 aromatic carbocycles. The van der Waals surface area contributed by atoms with Crippen molar-refractivity contribution in [3.05, 3.63) is 71.2 Å². The van der Waals surface area contributed by atoms with Crippen LogP contribution in [0.1, 0.15) is 45.4 Å². The summed E-state index contributed by atoms with van der Waals surface area (Å²) in [7, 11) is 1.51. The number of rotatable bonds is 11. The molecular formula is C29H32N8O4. The first-order valence-electron chi connectivity index (χ1n) is 13.3. The number of fused-ring (bicyclic) bond motifs is 1. The van der Waals surface area contributed by atoms with Crippen molar-refractivity contribution in [2.24, 2.45) is 5.73 Å². The molecule has 0 saturated carbocycles. The standard InChI is InChI=1S/C29H32N8O4/c1-5-37-22(13-18(3)35-37)27(39)34-28-33-21-14-20(26(30)38)15-23(40-4)25(21)36(28)11-7-10-31-29-32-16-24(41-29)19-9-6-8-17(2)12-19/h6,8-9,12-16H,5,7,10-11H2,1-4H3,(H2,30,38)(H,31,32)(H,33,34,39). The molecule has 4 N–H and O–H groups in total. The molecule has 3 aromatic heterocycles. The number of amides is 2. The van der Waals surface area contributed by atoms with Gasteiger partial charge in [0, 0.05) is 30.8 Å². The van der Waals surface area contributed by atoms with E-state index in [2.05, 4.69) is 25.7 Å². The van der Waals surface area contributed by atoms with Crippen LogP contribution in [0.4, 0.5) is 12.0 Å². The molecule has 0 radical (unpaired) electrons. The number of primary amides is 1. The minimum atomic E-state index is -0.604. The zero-order valence-electron chi connectivity index (χ0n) is 23.4.